The third kappa shape index (κ3) is 3.72. The van der Waals surface area contributed by atoms with Crippen molar-refractivity contribution >= 4 is 11.5 Å². The quantitative estimate of drug-likeness (QED) is 0.463. The summed E-state index contributed by atoms with van der Waals surface area (Å²) in [6.07, 6.45) is 3.25. The van der Waals surface area contributed by atoms with E-state index in [9.17, 15) is 10.1 Å². The van der Waals surface area contributed by atoms with Crippen molar-refractivity contribution in [2.24, 2.45) is 0 Å². The maximum Gasteiger partial charge on any atom is 0.305 e. The molecule has 0 saturated carbocycles. The molecule has 1 N–H and O–H groups in total. The van der Waals surface area contributed by atoms with Gasteiger partial charge in [-0.2, -0.15) is 5.26 Å². The predicted molar refractivity (Wildman–Crippen MR) is 63.6 cm³/mol. The van der Waals surface area contributed by atoms with Crippen LogP contribution in [-0.4, -0.2) is 16.5 Å². The van der Waals surface area contributed by atoms with Crippen LogP contribution in [0.4, 0.5) is 11.5 Å². The zero-order chi connectivity index (χ0) is 12.7. The molecule has 90 valence electrons. The van der Waals surface area contributed by atoms with Gasteiger partial charge in [-0.05, 0) is 12.5 Å². The molecule has 0 unspecified atom stereocenters. The molecule has 6 nitrogen and oxygen atoms in total. The van der Waals surface area contributed by atoms with Crippen molar-refractivity contribution < 1.29 is 4.92 Å². The Bertz CT molecular complexity index is 440. The molecule has 0 bridgehead atoms. The second-order valence-corrected chi connectivity index (χ2v) is 3.57. The van der Waals surface area contributed by atoms with Gasteiger partial charge in [0.1, 0.15) is 11.9 Å². The number of anilines is 1. The Morgan fingerprint density at radius 1 is 1.53 bits per heavy atom. The smallest absolute Gasteiger partial charge is 0.305 e. The lowest BCUT2D eigenvalue weighted by Crippen LogP contribution is -2.05. The molecule has 17 heavy (non-hydrogen) atoms. The van der Waals surface area contributed by atoms with Crippen LogP contribution >= 0.6 is 0 Å². The van der Waals surface area contributed by atoms with Crippen LogP contribution < -0.4 is 5.32 Å². The van der Waals surface area contributed by atoms with Crippen LogP contribution in [0, 0.1) is 21.4 Å². The van der Waals surface area contributed by atoms with Crippen molar-refractivity contribution in [2.45, 2.75) is 26.2 Å². The van der Waals surface area contributed by atoms with Gasteiger partial charge < -0.3 is 5.32 Å². The minimum atomic E-state index is -0.605. The molecule has 0 aromatic carbocycles. The Balaban J connectivity index is 2.70. The summed E-state index contributed by atoms with van der Waals surface area (Å²) in [5, 5.41) is 22.4. The first kappa shape index (κ1) is 12.9. The van der Waals surface area contributed by atoms with E-state index in [0.29, 0.717) is 5.82 Å². The third-order valence-corrected chi connectivity index (χ3v) is 2.26. The second kappa shape index (κ2) is 6.43. The van der Waals surface area contributed by atoms with Crippen molar-refractivity contribution in [3.05, 3.63) is 27.9 Å². The van der Waals surface area contributed by atoms with Crippen LogP contribution in [-0.2, 0) is 0 Å². The standard InChI is InChI=1S/C11H14N4O2/c1-2-3-4-7-13-11-6-5-10(15(16)17)9(8-12)14-11/h5-6H,2-4,7H2,1H3,(H,13,14). The van der Waals surface area contributed by atoms with Gasteiger partial charge in [-0.15, -0.1) is 0 Å². The van der Waals surface area contributed by atoms with E-state index in [1.54, 1.807) is 6.07 Å². The molecular weight excluding hydrogens is 220 g/mol. The molecular formula is C11H14N4O2. The molecule has 0 fully saturated rings. The molecule has 0 aliphatic rings. The van der Waals surface area contributed by atoms with Gasteiger partial charge in [-0.1, -0.05) is 19.8 Å². The van der Waals surface area contributed by atoms with E-state index in [1.165, 1.54) is 12.1 Å². The second-order valence-electron chi connectivity index (χ2n) is 3.57. The summed E-state index contributed by atoms with van der Waals surface area (Å²) in [7, 11) is 0. The highest BCUT2D eigenvalue weighted by molar-refractivity contribution is 5.50. The summed E-state index contributed by atoms with van der Waals surface area (Å²) in [5.74, 6) is 0.503. The largest absolute Gasteiger partial charge is 0.370 e. The molecule has 1 heterocycles. The summed E-state index contributed by atoms with van der Waals surface area (Å²) < 4.78 is 0. The van der Waals surface area contributed by atoms with Crippen LogP contribution in [0.1, 0.15) is 31.9 Å². The molecule has 6 heteroatoms. The predicted octanol–water partition coefficient (Wildman–Crippen LogP) is 2.46. The van der Waals surface area contributed by atoms with E-state index in [2.05, 4.69) is 17.2 Å². The first-order chi connectivity index (χ1) is 8.19. The van der Waals surface area contributed by atoms with E-state index in [0.717, 1.165) is 25.8 Å². The number of hydrogen-bond acceptors (Lipinski definition) is 5. The normalized spacial score (nSPS) is 9.65. The monoisotopic (exact) mass is 234 g/mol. The molecule has 0 spiro atoms. The van der Waals surface area contributed by atoms with E-state index in [1.807, 2.05) is 0 Å². The number of hydrogen-bond donors (Lipinski definition) is 1. The van der Waals surface area contributed by atoms with Crippen LogP contribution in [0.5, 0.6) is 0 Å². The maximum absolute atomic E-state index is 10.6. The highest BCUT2D eigenvalue weighted by Crippen LogP contribution is 2.17. The number of rotatable bonds is 6. The van der Waals surface area contributed by atoms with Gasteiger partial charge in [-0.3, -0.25) is 10.1 Å². The number of nitriles is 1. The molecule has 1 rings (SSSR count). The first-order valence-electron chi connectivity index (χ1n) is 5.48. The molecule has 0 saturated heterocycles. The Morgan fingerprint density at radius 3 is 2.88 bits per heavy atom. The lowest BCUT2D eigenvalue weighted by Gasteiger charge is -2.04. The highest BCUT2D eigenvalue weighted by Gasteiger charge is 2.15. The van der Waals surface area contributed by atoms with Crippen LogP contribution in [0.15, 0.2) is 12.1 Å². The molecule has 0 amide bonds. The van der Waals surface area contributed by atoms with Crippen molar-refractivity contribution in [1.82, 2.24) is 4.98 Å². The summed E-state index contributed by atoms with van der Waals surface area (Å²) >= 11 is 0. The summed E-state index contributed by atoms with van der Waals surface area (Å²) in [4.78, 5) is 13.9. The molecule has 1 aromatic heterocycles. The number of nitro groups is 1. The van der Waals surface area contributed by atoms with Gasteiger partial charge in [0, 0.05) is 12.6 Å². The van der Waals surface area contributed by atoms with E-state index >= 15 is 0 Å². The van der Waals surface area contributed by atoms with Gasteiger partial charge in [0.25, 0.3) is 0 Å². The van der Waals surface area contributed by atoms with Gasteiger partial charge in [-0.25, -0.2) is 4.98 Å². The van der Waals surface area contributed by atoms with E-state index in [4.69, 9.17) is 5.26 Å². The van der Waals surface area contributed by atoms with Crippen molar-refractivity contribution in [3.63, 3.8) is 0 Å². The fraction of sp³-hybridized carbons (Fsp3) is 0.455. The Morgan fingerprint density at radius 2 is 2.29 bits per heavy atom. The minimum Gasteiger partial charge on any atom is -0.370 e. The third-order valence-electron chi connectivity index (χ3n) is 2.26. The average Bonchev–Trinajstić information content (AvgIpc) is 2.34. The zero-order valence-corrected chi connectivity index (χ0v) is 9.64. The number of nitrogens with one attached hydrogen (secondary N) is 1. The molecule has 1 aromatic rings. The zero-order valence-electron chi connectivity index (χ0n) is 9.64. The Hall–Kier alpha value is -2.16. The van der Waals surface area contributed by atoms with Gasteiger partial charge in [0.15, 0.2) is 0 Å². The average molecular weight is 234 g/mol. The fourth-order valence-corrected chi connectivity index (χ4v) is 1.37. The van der Waals surface area contributed by atoms with Crippen molar-refractivity contribution in [3.8, 4) is 6.07 Å². The summed E-state index contributed by atoms with van der Waals surface area (Å²) in [6, 6.07) is 4.54. The maximum atomic E-state index is 10.6. The van der Waals surface area contributed by atoms with Crippen molar-refractivity contribution in [1.29, 1.82) is 5.26 Å². The van der Waals surface area contributed by atoms with E-state index < -0.39 is 4.92 Å². The number of unbranched alkanes of at least 4 members (excludes halogenated alkanes) is 2. The number of nitrogens with zero attached hydrogens (tertiary/aromatic N) is 3. The summed E-state index contributed by atoms with van der Waals surface area (Å²) in [5.41, 5.74) is -0.415. The first-order valence-corrected chi connectivity index (χ1v) is 5.48. The minimum absolute atomic E-state index is 0.157. The summed E-state index contributed by atoms with van der Waals surface area (Å²) in [6.45, 7) is 2.86. The van der Waals surface area contributed by atoms with Crippen LogP contribution in [0.3, 0.4) is 0 Å². The van der Waals surface area contributed by atoms with E-state index in [-0.39, 0.29) is 11.4 Å². The molecule has 0 atom stereocenters. The SMILES string of the molecule is CCCCCNc1ccc([N+](=O)[O-])c(C#N)n1. The van der Waals surface area contributed by atoms with Crippen molar-refractivity contribution in [2.75, 3.05) is 11.9 Å². The van der Waals surface area contributed by atoms with Gasteiger partial charge in [0.2, 0.25) is 5.69 Å². The lowest BCUT2D eigenvalue weighted by molar-refractivity contribution is -0.385. The number of pyridine rings is 1. The molecule has 0 radical (unpaired) electrons. The molecule has 0 aliphatic carbocycles. The van der Waals surface area contributed by atoms with Crippen LogP contribution in [0.25, 0.3) is 0 Å². The molecule has 0 aliphatic heterocycles. The van der Waals surface area contributed by atoms with Crippen LogP contribution in [0.2, 0.25) is 0 Å². The Kier molecular flexibility index (Phi) is 4.88. The fourth-order valence-electron chi connectivity index (χ4n) is 1.37. The number of aromatic nitrogens is 1. The van der Waals surface area contributed by atoms with Gasteiger partial charge in [0.05, 0.1) is 4.92 Å². The highest BCUT2D eigenvalue weighted by atomic mass is 16.6. The Labute approximate surface area is 99.4 Å². The van der Waals surface area contributed by atoms with Gasteiger partial charge >= 0.3 is 5.69 Å². The lowest BCUT2D eigenvalue weighted by atomic mass is 10.2. The topological polar surface area (TPSA) is 91.9 Å².